The highest BCUT2D eigenvalue weighted by Gasteiger charge is 2.05. The van der Waals surface area contributed by atoms with Crippen molar-refractivity contribution in [3.05, 3.63) is 35.8 Å². The number of rotatable bonds is 6. The third kappa shape index (κ3) is 4.48. The summed E-state index contributed by atoms with van der Waals surface area (Å²) in [5.74, 6) is 1.17. The SMILES string of the molecule is CCNC(=NCC(C)C)NCCc1c[nH]c2ccc(F)cc12. The fourth-order valence-corrected chi connectivity index (χ4v) is 2.29. The molecule has 1 heterocycles. The Morgan fingerprint density at radius 2 is 2.14 bits per heavy atom. The molecule has 22 heavy (non-hydrogen) atoms. The molecule has 5 heteroatoms. The van der Waals surface area contributed by atoms with Crippen LogP contribution in [0.4, 0.5) is 4.39 Å². The summed E-state index contributed by atoms with van der Waals surface area (Å²) in [6.45, 7) is 8.74. The Labute approximate surface area is 131 Å². The molecule has 0 bridgehead atoms. The maximum absolute atomic E-state index is 13.4. The van der Waals surface area contributed by atoms with Crippen LogP contribution < -0.4 is 10.6 Å². The first-order valence-electron chi connectivity index (χ1n) is 7.87. The number of hydrogen-bond donors (Lipinski definition) is 3. The van der Waals surface area contributed by atoms with E-state index in [1.807, 2.05) is 6.20 Å². The molecule has 0 saturated heterocycles. The van der Waals surface area contributed by atoms with Gasteiger partial charge in [-0.25, -0.2) is 4.39 Å². The van der Waals surface area contributed by atoms with E-state index in [1.54, 1.807) is 12.1 Å². The second kappa shape index (κ2) is 7.82. The van der Waals surface area contributed by atoms with Crippen LogP contribution >= 0.6 is 0 Å². The molecule has 120 valence electrons. The van der Waals surface area contributed by atoms with Crippen LogP contribution in [0.1, 0.15) is 26.3 Å². The van der Waals surface area contributed by atoms with Gasteiger partial charge in [0.1, 0.15) is 5.82 Å². The van der Waals surface area contributed by atoms with Gasteiger partial charge in [-0.15, -0.1) is 0 Å². The number of nitrogens with one attached hydrogen (secondary N) is 3. The quantitative estimate of drug-likeness (QED) is 0.567. The summed E-state index contributed by atoms with van der Waals surface area (Å²) in [5, 5.41) is 7.51. The average Bonchev–Trinajstić information content (AvgIpc) is 2.87. The zero-order valence-corrected chi connectivity index (χ0v) is 13.5. The number of halogens is 1. The molecule has 3 N–H and O–H groups in total. The Morgan fingerprint density at radius 3 is 2.86 bits per heavy atom. The fraction of sp³-hybridized carbons (Fsp3) is 0.471. The van der Waals surface area contributed by atoms with Gasteiger partial charge < -0.3 is 15.6 Å². The maximum Gasteiger partial charge on any atom is 0.191 e. The lowest BCUT2D eigenvalue weighted by molar-refractivity contribution is 0.629. The van der Waals surface area contributed by atoms with E-state index >= 15 is 0 Å². The van der Waals surface area contributed by atoms with E-state index in [4.69, 9.17) is 0 Å². The molecule has 0 fully saturated rings. The van der Waals surface area contributed by atoms with Crippen LogP contribution in [0.15, 0.2) is 29.4 Å². The van der Waals surface area contributed by atoms with Crippen molar-refractivity contribution in [2.24, 2.45) is 10.9 Å². The van der Waals surface area contributed by atoms with Crippen LogP contribution in [-0.4, -0.2) is 30.6 Å². The van der Waals surface area contributed by atoms with Gasteiger partial charge in [-0.2, -0.15) is 0 Å². The van der Waals surface area contributed by atoms with Crippen LogP contribution in [0.3, 0.4) is 0 Å². The van der Waals surface area contributed by atoms with Crippen LogP contribution in [0.5, 0.6) is 0 Å². The number of benzene rings is 1. The van der Waals surface area contributed by atoms with Crippen molar-refractivity contribution in [1.82, 2.24) is 15.6 Å². The smallest absolute Gasteiger partial charge is 0.191 e. The highest BCUT2D eigenvalue weighted by Crippen LogP contribution is 2.19. The molecule has 2 aromatic rings. The maximum atomic E-state index is 13.4. The monoisotopic (exact) mass is 304 g/mol. The Hall–Kier alpha value is -2.04. The molecule has 0 aliphatic carbocycles. The number of aromatic nitrogens is 1. The summed E-state index contributed by atoms with van der Waals surface area (Å²) < 4.78 is 13.4. The molecule has 1 aromatic heterocycles. The first-order chi connectivity index (χ1) is 10.6. The van der Waals surface area contributed by atoms with Gasteiger partial charge in [0.25, 0.3) is 0 Å². The normalized spacial score (nSPS) is 12.1. The van der Waals surface area contributed by atoms with Gasteiger partial charge in [0.15, 0.2) is 5.96 Å². The topological polar surface area (TPSA) is 52.2 Å². The number of guanidine groups is 1. The predicted molar refractivity (Wildman–Crippen MR) is 90.8 cm³/mol. The van der Waals surface area contributed by atoms with Crippen LogP contribution in [0, 0.1) is 11.7 Å². The standard InChI is InChI=1S/C17H25FN4/c1-4-19-17(22-10-12(2)3)20-8-7-13-11-21-16-6-5-14(18)9-15(13)16/h5-6,9,11-12,21H,4,7-8,10H2,1-3H3,(H2,19,20,22). The van der Waals surface area contributed by atoms with E-state index in [0.717, 1.165) is 48.5 Å². The number of aliphatic imine (C=N–C) groups is 1. The van der Waals surface area contributed by atoms with E-state index in [9.17, 15) is 4.39 Å². The number of fused-ring (bicyclic) bond motifs is 1. The Morgan fingerprint density at radius 1 is 1.32 bits per heavy atom. The number of H-pyrrole nitrogens is 1. The van der Waals surface area contributed by atoms with E-state index in [1.165, 1.54) is 6.07 Å². The summed E-state index contributed by atoms with van der Waals surface area (Å²) in [6, 6.07) is 4.83. The fourth-order valence-electron chi connectivity index (χ4n) is 2.29. The highest BCUT2D eigenvalue weighted by molar-refractivity contribution is 5.83. The minimum atomic E-state index is -0.201. The lowest BCUT2D eigenvalue weighted by Gasteiger charge is -2.11. The van der Waals surface area contributed by atoms with E-state index in [2.05, 4.69) is 41.4 Å². The number of aromatic amines is 1. The van der Waals surface area contributed by atoms with E-state index < -0.39 is 0 Å². The van der Waals surface area contributed by atoms with Crippen molar-refractivity contribution in [2.75, 3.05) is 19.6 Å². The summed E-state index contributed by atoms with van der Waals surface area (Å²) in [6.07, 6.45) is 2.76. The summed E-state index contributed by atoms with van der Waals surface area (Å²) in [7, 11) is 0. The molecule has 0 amide bonds. The minimum absolute atomic E-state index is 0.201. The highest BCUT2D eigenvalue weighted by atomic mass is 19.1. The Bertz CT molecular complexity index is 631. The van der Waals surface area contributed by atoms with Gasteiger partial charge in [0.05, 0.1) is 0 Å². The first-order valence-corrected chi connectivity index (χ1v) is 7.87. The second-order valence-electron chi connectivity index (χ2n) is 5.79. The molecule has 0 spiro atoms. The van der Waals surface area contributed by atoms with E-state index in [0.29, 0.717) is 5.92 Å². The zero-order chi connectivity index (χ0) is 15.9. The first kappa shape index (κ1) is 16.3. The molecule has 0 radical (unpaired) electrons. The lowest BCUT2D eigenvalue weighted by atomic mass is 10.1. The van der Waals surface area contributed by atoms with Crippen LogP contribution in [0.2, 0.25) is 0 Å². The molecule has 0 unspecified atom stereocenters. The molecule has 4 nitrogen and oxygen atoms in total. The largest absolute Gasteiger partial charge is 0.361 e. The molecule has 0 saturated carbocycles. The molecular weight excluding hydrogens is 279 g/mol. The van der Waals surface area contributed by atoms with Crippen molar-refractivity contribution in [3.63, 3.8) is 0 Å². The van der Waals surface area contributed by atoms with Crippen molar-refractivity contribution in [3.8, 4) is 0 Å². The summed E-state index contributed by atoms with van der Waals surface area (Å²) in [4.78, 5) is 7.71. The molecule has 0 aliphatic heterocycles. The third-order valence-electron chi connectivity index (χ3n) is 3.38. The van der Waals surface area contributed by atoms with E-state index in [-0.39, 0.29) is 5.82 Å². The van der Waals surface area contributed by atoms with Crippen LogP contribution in [0.25, 0.3) is 10.9 Å². The minimum Gasteiger partial charge on any atom is -0.361 e. The Kier molecular flexibility index (Phi) is 5.81. The lowest BCUT2D eigenvalue weighted by Crippen LogP contribution is -2.38. The molecule has 1 aromatic carbocycles. The van der Waals surface area contributed by atoms with Crippen LogP contribution in [-0.2, 0) is 6.42 Å². The number of hydrogen-bond acceptors (Lipinski definition) is 1. The Balaban J connectivity index is 1.95. The summed E-state index contributed by atoms with van der Waals surface area (Å²) in [5.41, 5.74) is 2.08. The van der Waals surface area contributed by atoms with Crippen molar-refractivity contribution in [2.45, 2.75) is 27.2 Å². The predicted octanol–water partition coefficient (Wildman–Crippen LogP) is 3.06. The van der Waals surface area contributed by atoms with Gasteiger partial charge in [-0.3, -0.25) is 4.99 Å². The summed E-state index contributed by atoms with van der Waals surface area (Å²) >= 11 is 0. The second-order valence-corrected chi connectivity index (χ2v) is 5.79. The van der Waals surface area contributed by atoms with Gasteiger partial charge in [-0.1, -0.05) is 13.8 Å². The molecule has 0 atom stereocenters. The molecule has 2 rings (SSSR count). The van der Waals surface area contributed by atoms with Gasteiger partial charge in [0.2, 0.25) is 0 Å². The van der Waals surface area contributed by atoms with Crippen molar-refractivity contribution >= 4 is 16.9 Å². The van der Waals surface area contributed by atoms with Crippen molar-refractivity contribution < 1.29 is 4.39 Å². The van der Waals surface area contributed by atoms with Crippen molar-refractivity contribution in [1.29, 1.82) is 0 Å². The average molecular weight is 304 g/mol. The number of nitrogens with zero attached hydrogens (tertiary/aromatic N) is 1. The zero-order valence-electron chi connectivity index (χ0n) is 13.5. The van der Waals surface area contributed by atoms with Gasteiger partial charge in [-0.05, 0) is 43.0 Å². The third-order valence-corrected chi connectivity index (χ3v) is 3.38. The molecular formula is C17H25FN4. The van der Waals surface area contributed by atoms with Gasteiger partial charge >= 0.3 is 0 Å². The molecule has 0 aliphatic rings. The van der Waals surface area contributed by atoms with Gasteiger partial charge in [0, 0.05) is 36.7 Å².